The lowest BCUT2D eigenvalue weighted by atomic mass is 10.5. The zero-order valence-corrected chi connectivity index (χ0v) is 8.34. The molecule has 8 heteroatoms. The molecule has 0 aliphatic carbocycles. The van der Waals surface area contributed by atoms with Gasteiger partial charge in [-0.05, 0) is 0 Å². The smallest absolute Gasteiger partial charge is 0.288 e. The van der Waals surface area contributed by atoms with Crippen molar-refractivity contribution in [2.24, 2.45) is 0 Å². The van der Waals surface area contributed by atoms with E-state index in [1.807, 2.05) is 0 Å². The minimum atomic E-state index is -3.05. The van der Waals surface area contributed by atoms with Gasteiger partial charge in [0, 0.05) is 12.8 Å². The molecule has 14 heavy (non-hydrogen) atoms. The summed E-state index contributed by atoms with van der Waals surface area (Å²) in [5.74, 6) is -0.489. The van der Waals surface area contributed by atoms with Crippen molar-refractivity contribution in [3.63, 3.8) is 0 Å². The summed E-state index contributed by atoms with van der Waals surface area (Å²) in [5, 5.41) is 8.24. The fourth-order valence-corrected chi connectivity index (χ4v) is 1.22. The molecule has 1 heterocycles. The molecule has 0 fully saturated rings. The van der Waals surface area contributed by atoms with E-state index in [1.165, 1.54) is 6.33 Å². The monoisotopic (exact) mass is 218 g/mol. The summed E-state index contributed by atoms with van der Waals surface area (Å²) < 4.78 is 21.4. The van der Waals surface area contributed by atoms with Crippen LogP contribution in [-0.2, 0) is 9.84 Å². The van der Waals surface area contributed by atoms with E-state index in [2.05, 4.69) is 20.5 Å². The Bertz CT molecular complexity index is 397. The van der Waals surface area contributed by atoms with E-state index in [0.29, 0.717) is 0 Å². The van der Waals surface area contributed by atoms with Gasteiger partial charge in [-0.25, -0.2) is 13.4 Å². The van der Waals surface area contributed by atoms with Gasteiger partial charge >= 0.3 is 0 Å². The van der Waals surface area contributed by atoms with E-state index >= 15 is 0 Å². The van der Waals surface area contributed by atoms with E-state index in [-0.39, 0.29) is 18.1 Å². The summed E-state index contributed by atoms with van der Waals surface area (Å²) >= 11 is 0. The molecule has 0 radical (unpaired) electrons. The third-order valence-corrected chi connectivity index (χ3v) is 2.33. The van der Waals surface area contributed by atoms with E-state index in [9.17, 15) is 13.2 Å². The molecule has 1 aromatic rings. The Balaban J connectivity index is 2.37. The van der Waals surface area contributed by atoms with Crippen molar-refractivity contribution in [3.8, 4) is 0 Å². The minimum absolute atomic E-state index is 0.0678. The SMILES string of the molecule is CS(=O)(=O)CCNC(=O)c1ncn[nH]1. The van der Waals surface area contributed by atoms with Gasteiger partial charge in [0.05, 0.1) is 5.75 Å². The second-order valence-electron chi connectivity index (χ2n) is 2.72. The summed E-state index contributed by atoms with van der Waals surface area (Å²) in [6.45, 7) is 0.0678. The molecule has 0 aliphatic rings. The molecule has 0 spiro atoms. The lowest BCUT2D eigenvalue weighted by molar-refractivity contribution is 0.0946. The Morgan fingerprint density at radius 1 is 1.64 bits per heavy atom. The number of nitrogens with one attached hydrogen (secondary N) is 2. The number of H-pyrrole nitrogens is 1. The maximum absolute atomic E-state index is 11.2. The van der Waals surface area contributed by atoms with E-state index < -0.39 is 15.7 Å². The molecule has 2 N–H and O–H groups in total. The fourth-order valence-electron chi connectivity index (χ4n) is 0.749. The average molecular weight is 218 g/mol. The standard InChI is InChI=1S/C6H10N4O3S/c1-14(12,13)3-2-7-6(11)5-8-4-9-10-5/h4H,2-3H2,1H3,(H,7,11)(H,8,9,10). The van der Waals surface area contributed by atoms with Gasteiger partial charge in [-0.3, -0.25) is 9.89 Å². The first kappa shape index (κ1) is 10.6. The third-order valence-electron chi connectivity index (χ3n) is 1.39. The number of aromatic amines is 1. The van der Waals surface area contributed by atoms with Crippen LogP contribution in [0.1, 0.15) is 10.6 Å². The number of rotatable bonds is 4. The number of amides is 1. The maximum atomic E-state index is 11.2. The molecule has 1 aromatic heterocycles. The molecule has 0 aliphatic heterocycles. The van der Waals surface area contributed by atoms with Crippen LogP contribution in [0.25, 0.3) is 0 Å². The first-order valence-corrected chi connectivity index (χ1v) is 5.86. The molecule has 7 nitrogen and oxygen atoms in total. The molecule has 0 unspecified atom stereocenters. The average Bonchev–Trinajstić information content (AvgIpc) is 2.53. The molecule has 0 atom stereocenters. The molecule has 0 saturated heterocycles. The van der Waals surface area contributed by atoms with Crippen LogP contribution < -0.4 is 5.32 Å². The van der Waals surface area contributed by atoms with Crippen LogP contribution in [0.15, 0.2) is 6.33 Å². The Morgan fingerprint density at radius 2 is 2.36 bits per heavy atom. The van der Waals surface area contributed by atoms with Crippen molar-refractivity contribution in [2.45, 2.75) is 0 Å². The van der Waals surface area contributed by atoms with Crippen molar-refractivity contribution >= 4 is 15.7 Å². The zero-order valence-electron chi connectivity index (χ0n) is 7.52. The highest BCUT2D eigenvalue weighted by Gasteiger charge is 2.08. The Labute approximate surface area is 80.8 Å². The van der Waals surface area contributed by atoms with Gasteiger partial charge in [0.2, 0.25) is 5.82 Å². The molecule has 0 bridgehead atoms. The van der Waals surface area contributed by atoms with Crippen molar-refractivity contribution in [2.75, 3.05) is 18.6 Å². The number of sulfone groups is 1. The number of carbonyl (C=O) groups is 1. The van der Waals surface area contributed by atoms with Crippen LogP contribution >= 0.6 is 0 Å². The fraction of sp³-hybridized carbons (Fsp3) is 0.500. The normalized spacial score (nSPS) is 11.2. The number of hydrogen-bond acceptors (Lipinski definition) is 5. The number of carbonyl (C=O) groups excluding carboxylic acids is 1. The summed E-state index contributed by atoms with van der Waals surface area (Å²) in [5.41, 5.74) is 0. The van der Waals surface area contributed by atoms with Crippen molar-refractivity contribution in [1.29, 1.82) is 0 Å². The van der Waals surface area contributed by atoms with Crippen LogP contribution in [0.5, 0.6) is 0 Å². The molecule has 0 aromatic carbocycles. The van der Waals surface area contributed by atoms with Crippen molar-refractivity contribution in [3.05, 3.63) is 12.2 Å². The van der Waals surface area contributed by atoms with E-state index in [0.717, 1.165) is 6.26 Å². The van der Waals surface area contributed by atoms with Gasteiger partial charge in [-0.1, -0.05) is 0 Å². The number of nitrogens with zero attached hydrogens (tertiary/aromatic N) is 2. The molecule has 78 valence electrons. The predicted octanol–water partition coefficient (Wildman–Crippen LogP) is -1.42. The Kier molecular flexibility index (Phi) is 3.18. The Morgan fingerprint density at radius 3 is 2.86 bits per heavy atom. The topological polar surface area (TPSA) is 105 Å². The molecule has 1 amide bonds. The minimum Gasteiger partial charge on any atom is -0.348 e. The summed E-state index contributed by atoms with van der Waals surface area (Å²) in [6.07, 6.45) is 2.30. The zero-order chi connectivity index (χ0) is 10.6. The van der Waals surface area contributed by atoms with Gasteiger partial charge < -0.3 is 5.32 Å². The first-order valence-electron chi connectivity index (χ1n) is 3.80. The van der Waals surface area contributed by atoms with Gasteiger partial charge in [0.25, 0.3) is 5.91 Å². The molecule has 1 rings (SSSR count). The summed E-state index contributed by atoms with van der Waals surface area (Å²) in [4.78, 5) is 14.8. The predicted molar refractivity (Wildman–Crippen MR) is 48.4 cm³/mol. The van der Waals surface area contributed by atoms with Gasteiger partial charge in [-0.15, -0.1) is 0 Å². The lowest BCUT2D eigenvalue weighted by Crippen LogP contribution is -2.29. The molecule has 0 saturated carbocycles. The van der Waals surface area contributed by atoms with Crippen LogP contribution in [0, 0.1) is 0 Å². The largest absolute Gasteiger partial charge is 0.348 e. The highest BCUT2D eigenvalue weighted by molar-refractivity contribution is 7.90. The van der Waals surface area contributed by atoms with Crippen LogP contribution in [0.2, 0.25) is 0 Å². The summed E-state index contributed by atoms with van der Waals surface area (Å²) in [6, 6.07) is 0. The second-order valence-corrected chi connectivity index (χ2v) is 4.98. The van der Waals surface area contributed by atoms with Crippen molar-refractivity contribution < 1.29 is 13.2 Å². The lowest BCUT2D eigenvalue weighted by Gasteiger charge is -2.00. The molecular formula is C6H10N4O3S. The first-order chi connectivity index (χ1) is 6.49. The van der Waals surface area contributed by atoms with Gasteiger partial charge in [0.1, 0.15) is 16.2 Å². The van der Waals surface area contributed by atoms with E-state index in [4.69, 9.17) is 0 Å². The quantitative estimate of drug-likeness (QED) is 0.645. The van der Waals surface area contributed by atoms with Crippen LogP contribution in [-0.4, -0.2) is 48.1 Å². The van der Waals surface area contributed by atoms with Gasteiger partial charge in [-0.2, -0.15) is 5.10 Å². The Hall–Kier alpha value is -1.44. The number of hydrogen-bond donors (Lipinski definition) is 2. The second kappa shape index (κ2) is 4.18. The van der Waals surface area contributed by atoms with Crippen molar-refractivity contribution in [1.82, 2.24) is 20.5 Å². The van der Waals surface area contributed by atoms with Crippen LogP contribution in [0.4, 0.5) is 0 Å². The summed E-state index contributed by atoms with van der Waals surface area (Å²) in [7, 11) is -3.05. The highest BCUT2D eigenvalue weighted by atomic mass is 32.2. The third kappa shape index (κ3) is 3.52. The van der Waals surface area contributed by atoms with E-state index in [1.54, 1.807) is 0 Å². The maximum Gasteiger partial charge on any atom is 0.288 e. The highest BCUT2D eigenvalue weighted by Crippen LogP contribution is 1.85. The molecular weight excluding hydrogens is 208 g/mol. The van der Waals surface area contributed by atoms with Gasteiger partial charge in [0.15, 0.2) is 0 Å². The number of aromatic nitrogens is 3. The van der Waals surface area contributed by atoms with Crippen LogP contribution in [0.3, 0.4) is 0 Å².